The summed E-state index contributed by atoms with van der Waals surface area (Å²) in [6.45, 7) is 12.6. The van der Waals surface area contributed by atoms with Crippen LogP contribution in [-0.2, 0) is 5.41 Å². The molecule has 0 spiro atoms. The third-order valence-electron chi connectivity index (χ3n) is 5.00. The first-order valence-corrected chi connectivity index (χ1v) is 10.3. The van der Waals surface area contributed by atoms with Gasteiger partial charge in [0.05, 0.1) is 10.9 Å². The Balaban J connectivity index is 0.000000660. The van der Waals surface area contributed by atoms with E-state index in [1.54, 1.807) is 0 Å². The Kier molecular flexibility index (Phi) is 7.28. The summed E-state index contributed by atoms with van der Waals surface area (Å²) in [5.74, 6) is 0. The number of pyridine rings is 1. The Bertz CT molecular complexity index is 994. The van der Waals surface area contributed by atoms with Gasteiger partial charge in [-0.25, -0.2) is 0 Å². The summed E-state index contributed by atoms with van der Waals surface area (Å²) in [5, 5.41) is 1.17. The Labute approximate surface area is 170 Å². The molecule has 0 saturated heterocycles. The average Bonchev–Trinajstić information content (AvgIpc) is 2.95. The Morgan fingerprint density at radius 3 is 2.29 bits per heavy atom. The highest BCUT2D eigenvalue weighted by molar-refractivity contribution is 6.05. The maximum Gasteiger partial charge on any atom is 0.209 e. The van der Waals surface area contributed by atoms with Crippen LogP contribution in [0.3, 0.4) is 0 Å². The van der Waals surface area contributed by atoms with E-state index in [9.17, 15) is 0 Å². The minimum atomic E-state index is 0.0141. The fourth-order valence-electron chi connectivity index (χ4n) is 3.67. The highest BCUT2D eigenvalue weighted by Gasteiger charge is 2.42. The molecule has 28 heavy (non-hydrogen) atoms. The molecule has 3 aromatic rings. The summed E-state index contributed by atoms with van der Waals surface area (Å²) < 4.78 is 2.30. The number of para-hydroxylation sites is 1. The Morgan fingerprint density at radius 2 is 1.57 bits per heavy atom. The van der Waals surface area contributed by atoms with Crippen molar-refractivity contribution in [2.45, 2.75) is 47.0 Å². The van der Waals surface area contributed by atoms with Gasteiger partial charge >= 0.3 is 0 Å². The molecule has 2 heterocycles. The molecule has 1 aliphatic heterocycles. The van der Waals surface area contributed by atoms with Crippen molar-refractivity contribution < 1.29 is 4.58 Å². The van der Waals surface area contributed by atoms with Crippen molar-refractivity contribution in [2.75, 3.05) is 7.05 Å². The van der Waals surface area contributed by atoms with Gasteiger partial charge in [0.25, 0.3) is 0 Å². The number of fused-ring (bicyclic) bond motifs is 2. The third-order valence-corrected chi connectivity index (χ3v) is 5.00. The number of hydrogen-bond acceptors (Lipinski definition) is 1. The molecule has 146 valence electrons. The summed E-state index contributed by atoms with van der Waals surface area (Å²) in [7, 11) is 2.15. The van der Waals surface area contributed by atoms with Gasteiger partial charge in [-0.05, 0) is 43.7 Å². The van der Waals surface area contributed by atoms with Gasteiger partial charge in [-0.3, -0.25) is 4.98 Å². The predicted octanol–water partition coefficient (Wildman–Crippen LogP) is 7.01. The fourth-order valence-corrected chi connectivity index (χ4v) is 3.67. The lowest BCUT2D eigenvalue weighted by Crippen LogP contribution is -2.26. The minimum Gasteiger partial charge on any atom is -0.256 e. The Morgan fingerprint density at radius 1 is 0.857 bits per heavy atom. The lowest BCUT2D eigenvalue weighted by molar-refractivity contribution is -0.401. The topological polar surface area (TPSA) is 15.9 Å². The van der Waals surface area contributed by atoms with E-state index in [-0.39, 0.29) is 5.41 Å². The van der Waals surface area contributed by atoms with Gasteiger partial charge in [0.1, 0.15) is 7.05 Å². The van der Waals surface area contributed by atoms with Crippen LogP contribution >= 0.6 is 0 Å². The zero-order chi connectivity index (χ0) is 20.7. The van der Waals surface area contributed by atoms with Crippen LogP contribution in [0.2, 0.25) is 0 Å². The van der Waals surface area contributed by atoms with Crippen LogP contribution in [0.1, 0.15) is 52.7 Å². The molecule has 0 saturated carbocycles. The molecular weight excluding hydrogens is 340 g/mol. The van der Waals surface area contributed by atoms with Crippen LogP contribution in [0, 0.1) is 0 Å². The second kappa shape index (κ2) is 9.45. The summed E-state index contributed by atoms with van der Waals surface area (Å²) in [6, 6.07) is 19.1. The normalized spacial score (nSPS) is 14.2. The van der Waals surface area contributed by atoms with E-state index in [1.807, 2.05) is 40.0 Å². The molecule has 2 heteroatoms. The largest absolute Gasteiger partial charge is 0.256 e. The molecule has 0 unspecified atom stereocenters. The van der Waals surface area contributed by atoms with Gasteiger partial charge in [-0.15, -0.1) is 0 Å². The standard InChI is InChI=1S/C22H21N2.2C2H6/c1-22(2)18-8-4-5-9-20(18)24(3)21(22)13-11-16-10-12-19-17(15-16)7-6-14-23-19;2*1-2/h4-15H,1-3H3;2*1-2H3/q+1;;. The third kappa shape index (κ3) is 4.06. The van der Waals surface area contributed by atoms with E-state index in [0.29, 0.717) is 0 Å². The molecule has 0 aliphatic carbocycles. The van der Waals surface area contributed by atoms with Gasteiger partial charge in [0.15, 0.2) is 5.71 Å². The van der Waals surface area contributed by atoms with Gasteiger partial charge in [-0.2, -0.15) is 4.58 Å². The smallest absolute Gasteiger partial charge is 0.209 e. The highest BCUT2D eigenvalue weighted by atomic mass is 15.0. The summed E-state index contributed by atoms with van der Waals surface area (Å²) >= 11 is 0. The molecule has 1 aromatic heterocycles. The van der Waals surface area contributed by atoms with Crippen molar-refractivity contribution >= 4 is 28.4 Å². The average molecular weight is 374 g/mol. The number of allylic oxidation sites excluding steroid dienone is 1. The maximum absolute atomic E-state index is 4.38. The monoisotopic (exact) mass is 373 g/mol. The molecule has 0 N–H and O–H groups in total. The van der Waals surface area contributed by atoms with Crippen molar-refractivity contribution in [1.29, 1.82) is 0 Å². The molecule has 0 fully saturated rings. The van der Waals surface area contributed by atoms with Gasteiger partial charge in [0.2, 0.25) is 5.69 Å². The molecule has 0 bridgehead atoms. The number of benzene rings is 2. The number of aromatic nitrogens is 1. The maximum atomic E-state index is 4.38. The fraction of sp³-hybridized carbons (Fsp3) is 0.308. The van der Waals surface area contributed by atoms with E-state index < -0.39 is 0 Å². The van der Waals surface area contributed by atoms with Crippen LogP contribution in [0.25, 0.3) is 17.0 Å². The van der Waals surface area contributed by atoms with Crippen molar-refractivity contribution in [3.63, 3.8) is 0 Å². The van der Waals surface area contributed by atoms with E-state index in [0.717, 1.165) is 5.52 Å². The zero-order valence-corrected chi connectivity index (χ0v) is 18.3. The van der Waals surface area contributed by atoms with Crippen LogP contribution in [0.15, 0.2) is 66.9 Å². The van der Waals surface area contributed by atoms with Crippen LogP contribution in [0.4, 0.5) is 5.69 Å². The summed E-state index contributed by atoms with van der Waals surface area (Å²) in [4.78, 5) is 4.38. The molecule has 1 aliphatic rings. The lowest BCUT2D eigenvalue weighted by Gasteiger charge is -2.15. The van der Waals surface area contributed by atoms with E-state index >= 15 is 0 Å². The second-order valence-corrected chi connectivity index (χ2v) is 6.88. The quantitative estimate of drug-likeness (QED) is 0.441. The first-order valence-electron chi connectivity index (χ1n) is 10.3. The van der Waals surface area contributed by atoms with Crippen molar-refractivity contribution in [3.05, 3.63) is 78.0 Å². The lowest BCUT2D eigenvalue weighted by atomic mass is 9.81. The molecule has 0 radical (unpaired) electrons. The number of rotatable bonds is 2. The van der Waals surface area contributed by atoms with E-state index in [4.69, 9.17) is 0 Å². The summed E-state index contributed by atoms with van der Waals surface area (Å²) in [6.07, 6.45) is 6.28. The van der Waals surface area contributed by atoms with E-state index in [2.05, 4.69) is 91.1 Å². The highest BCUT2D eigenvalue weighted by Crippen LogP contribution is 2.39. The Hall–Kier alpha value is -2.74. The number of hydrogen-bond donors (Lipinski definition) is 0. The molecule has 4 rings (SSSR count). The van der Waals surface area contributed by atoms with E-state index in [1.165, 1.54) is 27.9 Å². The van der Waals surface area contributed by atoms with Gasteiger partial charge < -0.3 is 0 Å². The molecule has 2 aromatic carbocycles. The predicted molar refractivity (Wildman–Crippen MR) is 124 cm³/mol. The van der Waals surface area contributed by atoms with Crippen molar-refractivity contribution in [1.82, 2.24) is 4.98 Å². The van der Waals surface area contributed by atoms with Crippen LogP contribution < -0.4 is 0 Å². The molecular formula is C26H33N2+. The first kappa shape index (κ1) is 21.6. The molecule has 0 atom stereocenters. The van der Waals surface area contributed by atoms with Crippen molar-refractivity contribution in [2.24, 2.45) is 0 Å². The minimum absolute atomic E-state index is 0.0141. The molecule has 0 amide bonds. The van der Waals surface area contributed by atoms with Gasteiger partial charge in [-0.1, -0.05) is 58.0 Å². The zero-order valence-electron chi connectivity index (χ0n) is 18.3. The second-order valence-electron chi connectivity index (χ2n) is 6.88. The first-order chi connectivity index (χ1) is 13.6. The van der Waals surface area contributed by atoms with Crippen LogP contribution in [0.5, 0.6) is 0 Å². The molecule has 2 nitrogen and oxygen atoms in total. The van der Waals surface area contributed by atoms with Crippen LogP contribution in [-0.4, -0.2) is 22.3 Å². The van der Waals surface area contributed by atoms with Crippen molar-refractivity contribution in [3.8, 4) is 0 Å². The summed E-state index contributed by atoms with van der Waals surface area (Å²) in [5.41, 5.74) is 6.24. The SMILES string of the molecule is CC.CC.C[N+]1=C(/C=C/c2ccc3ncccc3c2)C(C)(C)c2ccccc21. The number of nitrogens with zero attached hydrogens (tertiary/aromatic N) is 2. The van der Waals surface area contributed by atoms with Gasteiger partial charge in [0, 0.05) is 29.3 Å².